The van der Waals surface area contributed by atoms with Gasteiger partial charge in [0.2, 0.25) is 0 Å². The molecular formula is C22H36Cl2O4. The van der Waals surface area contributed by atoms with Gasteiger partial charge in [-0.05, 0) is 56.3 Å². The van der Waals surface area contributed by atoms with Crippen LogP contribution in [0, 0.1) is 17.3 Å². The van der Waals surface area contributed by atoms with Crippen LogP contribution < -0.4 is 0 Å². The lowest BCUT2D eigenvalue weighted by atomic mass is 9.63. The van der Waals surface area contributed by atoms with Crippen LogP contribution in [0.2, 0.25) is 0 Å². The highest BCUT2D eigenvalue weighted by atomic mass is 35.5. The third-order valence-electron chi connectivity index (χ3n) is 6.91. The molecule has 2 rings (SSSR count). The van der Waals surface area contributed by atoms with Gasteiger partial charge in [-0.1, -0.05) is 37.8 Å². The Hall–Kier alpha value is -0.290. The summed E-state index contributed by atoms with van der Waals surface area (Å²) in [5.74, 6) is 0.135. The largest absolute Gasteiger partial charge is 0.481 e. The smallest absolute Gasteiger partial charge is 0.303 e. The van der Waals surface area contributed by atoms with Crippen molar-refractivity contribution in [2.24, 2.45) is 17.3 Å². The van der Waals surface area contributed by atoms with E-state index >= 15 is 0 Å². The Morgan fingerprint density at radius 3 is 2.54 bits per heavy atom. The van der Waals surface area contributed by atoms with Gasteiger partial charge >= 0.3 is 5.97 Å². The van der Waals surface area contributed by atoms with Crippen molar-refractivity contribution in [2.45, 2.75) is 94.6 Å². The van der Waals surface area contributed by atoms with Gasteiger partial charge in [0.25, 0.3) is 0 Å². The maximum Gasteiger partial charge on any atom is 0.303 e. The minimum atomic E-state index is -0.734. The maximum absolute atomic E-state index is 10.6. The molecule has 0 bridgehead atoms. The highest BCUT2D eigenvalue weighted by Gasteiger charge is 2.42. The lowest BCUT2D eigenvalue weighted by Crippen LogP contribution is -2.41. The van der Waals surface area contributed by atoms with Crippen molar-refractivity contribution in [3.05, 3.63) is 12.2 Å². The molecular weight excluding hydrogens is 399 g/mol. The molecule has 2 aliphatic carbocycles. The van der Waals surface area contributed by atoms with Crippen LogP contribution >= 0.6 is 23.2 Å². The molecule has 2 aliphatic rings. The van der Waals surface area contributed by atoms with E-state index < -0.39 is 12.1 Å². The number of carboxylic acids is 1. The number of aliphatic hydroxyl groups excluding tert-OH is 2. The molecule has 0 heterocycles. The quantitative estimate of drug-likeness (QED) is 0.213. The van der Waals surface area contributed by atoms with Gasteiger partial charge in [-0.25, -0.2) is 0 Å². The second kappa shape index (κ2) is 11.8. The number of carbonyl (C=O) groups is 1. The molecule has 0 aromatic heterocycles. The maximum atomic E-state index is 10.6. The van der Waals surface area contributed by atoms with Crippen LogP contribution in [-0.4, -0.2) is 44.8 Å². The summed E-state index contributed by atoms with van der Waals surface area (Å²) >= 11 is 12.4. The molecule has 0 radical (unpaired) electrons. The molecule has 3 N–H and O–H groups in total. The monoisotopic (exact) mass is 434 g/mol. The lowest BCUT2D eigenvalue weighted by molar-refractivity contribution is -0.137. The van der Waals surface area contributed by atoms with Crippen molar-refractivity contribution in [3.8, 4) is 0 Å². The summed E-state index contributed by atoms with van der Waals surface area (Å²) in [5.41, 5.74) is -0.00917. The van der Waals surface area contributed by atoms with Gasteiger partial charge in [0, 0.05) is 23.6 Å². The minimum Gasteiger partial charge on any atom is -0.481 e. The number of hydrogen-bond donors (Lipinski definition) is 3. The van der Waals surface area contributed by atoms with Gasteiger partial charge in [-0.3, -0.25) is 4.79 Å². The average Bonchev–Trinajstić information content (AvgIpc) is 2.87. The van der Waals surface area contributed by atoms with Gasteiger partial charge < -0.3 is 15.3 Å². The zero-order valence-corrected chi connectivity index (χ0v) is 18.3. The van der Waals surface area contributed by atoms with E-state index in [0.717, 1.165) is 51.4 Å². The predicted octanol–water partition coefficient (Wildman–Crippen LogP) is 5.12. The van der Waals surface area contributed by atoms with Crippen LogP contribution in [0.3, 0.4) is 0 Å². The molecule has 5 atom stereocenters. The van der Waals surface area contributed by atoms with E-state index in [1.165, 1.54) is 6.42 Å². The molecule has 0 aromatic carbocycles. The topological polar surface area (TPSA) is 77.8 Å². The normalized spacial score (nSPS) is 30.4. The number of halogens is 2. The van der Waals surface area contributed by atoms with Crippen molar-refractivity contribution >= 4 is 29.2 Å². The number of carboxylic acid groups (broad SMARTS) is 1. The van der Waals surface area contributed by atoms with Crippen LogP contribution in [0.4, 0.5) is 0 Å². The Labute approximate surface area is 179 Å². The molecule has 2 fully saturated rings. The zero-order valence-electron chi connectivity index (χ0n) is 16.7. The number of aliphatic carboxylic acids is 1. The number of hydrogen-bond acceptors (Lipinski definition) is 3. The van der Waals surface area contributed by atoms with Gasteiger partial charge in [0.1, 0.15) is 0 Å². The standard InChI is InChI=1S/C22H36Cl2O4/c23-14-13-22(11-6-12-22)20(26)9-5-8-17-16(18(24)15-19(17)25)7-3-1-2-4-10-21(27)28/h5,8,16-20,25-26H,1-4,6-7,9-15H2,(H,27,28)/b8-5+/t16-,17-,18-,19-,20?/m1/s1. The summed E-state index contributed by atoms with van der Waals surface area (Å²) in [6.07, 6.45) is 13.5. The van der Waals surface area contributed by atoms with Crippen LogP contribution in [0.1, 0.15) is 77.0 Å². The molecule has 0 saturated heterocycles. The van der Waals surface area contributed by atoms with E-state index in [-0.39, 0.29) is 35.2 Å². The fourth-order valence-electron chi connectivity index (χ4n) is 4.93. The molecule has 4 nitrogen and oxygen atoms in total. The van der Waals surface area contributed by atoms with E-state index in [4.69, 9.17) is 28.3 Å². The Morgan fingerprint density at radius 1 is 1.21 bits per heavy atom. The summed E-state index contributed by atoms with van der Waals surface area (Å²) < 4.78 is 0. The fraction of sp³-hybridized carbons (Fsp3) is 0.864. The Morgan fingerprint density at radius 2 is 1.93 bits per heavy atom. The van der Waals surface area contributed by atoms with Gasteiger partial charge in [-0.15, -0.1) is 23.2 Å². The summed E-state index contributed by atoms with van der Waals surface area (Å²) in [6, 6.07) is 0. The first-order valence-electron chi connectivity index (χ1n) is 10.8. The SMILES string of the molecule is O=C(O)CCCCCC[C@@H]1[C@@H](/C=C/CC(O)C2(CCCl)CCC2)[C@H](O)C[C@H]1Cl. The van der Waals surface area contributed by atoms with Crippen molar-refractivity contribution < 1.29 is 20.1 Å². The lowest BCUT2D eigenvalue weighted by Gasteiger charge is -2.45. The van der Waals surface area contributed by atoms with Crippen LogP contribution in [0.15, 0.2) is 12.2 Å². The van der Waals surface area contributed by atoms with Gasteiger partial charge in [-0.2, -0.15) is 0 Å². The summed E-state index contributed by atoms with van der Waals surface area (Å²) in [6.45, 7) is 0. The number of unbranched alkanes of at least 4 members (excludes halogenated alkanes) is 3. The van der Waals surface area contributed by atoms with E-state index in [0.29, 0.717) is 18.7 Å². The minimum absolute atomic E-state index is 0.00917. The molecule has 0 aliphatic heterocycles. The molecule has 2 saturated carbocycles. The van der Waals surface area contributed by atoms with Crippen LogP contribution in [-0.2, 0) is 4.79 Å². The predicted molar refractivity (Wildman–Crippen MR) is 114 cm³/mol. The molecule has 6 heteroatoms. The highest BCUT2D eigenvalue weighted by molar-refractivity contribution is 6.21. The third-order valence-corrected chi connectivity index (χ3v) is 7.61. The van der Waals surface area contributed by atoms with E-state index in [1.54, 1.807) is 0 Å². The molecule has 28 heavy (non-hydrogen) atoms. The van der Waals surface area contributed by atoms with Crippen molar-refractivity contribution in [1.82, 2.24) is 0 Å². The van der Waals surface area contributed by atoms with Gasteiger partial charge in [0.15, 0.2) is 0 Å². The number of alkyl halides is 2. The molecule has 0 spiro atoms. The first kappa shape index (κ1) is 24.0. The highest BCUT2D eigenvalue weighted by Crippen LogP contribution is 2.48. The van der Waals surface area contributed by atoms with Crippen molar-refractivity contribution in [1.29, 1.82) is 0 Å². The molecule has 0 amide bonds. The average molecular weight is 435 g/mol. The number of aliphatic hydroxyl groups is 2. The van der Waals surface area contributed by atoms with E-state index in [2.05, 4.69) is 6.08 Å². The van der Waals surface area contributed by atoms with Crippen molar-refractivity contribution in [2.75, 3.05) is 5.88 Å². The van der Waals surface area contributed by atoms with Gasteiger partial charge in [0.05, 0.1) is 12.2 Å². The first-order valence-corrected chi connectivity index (χ1v) is 11.8. The van der Waals surface area contributed by atoms with Crippen molar-refractivity contribution in [3.63, 3.8) is 0 Å². The second-order valence-electron chi connectivity index (χ2n) is 8.74. The summed E-state index contributed by atoms with van der Waals surface area (Å²) in [4.78, 5) is 10.6. The van der Waals surface area contributed by atoms with E-state index in [1.807, 2.05) is 6.08 Å². The van der Waals surface area contributed by atoms with Crippen LogP contribution in [0.25, 0.3) is 0 Å². The zero-order chi connectivity index (χ0) is 20.6. The third kappa shape index (κ3) is 6.62. The molecule has 162 valence electrons. The Bertz CT molecular complexity index is 507. The number of rotatable bonds is 13. The summed E-state index contributed by atoms with van der Waals surface area (Å²) in [7, 11) is 0. The van der Waals surface area contributed by atoms with E-state index in [9.17, 15) is 15.0 Å². The summed E-state index contributed by atoms with van der Waals surface area (Å²) in [5, 5.41) is 29.7. The Balaban J connectivity index is 1.79. The van der Waals surface area contributed by atoms with Crippen LogP contribution in [0.5, 0.6) is 0 Å². The molecule has 0 aromatic rings. The Kier molecular flexibility index (Phi) is 10.1. The first-order chi connectivity index (χ1) is 13.4. The molecule has 1 unspecified atom stereocenters. The second-order valence-corrected chi connectivity index (χ2v) is 9.68. The fourth-order valence-corrected chi connectivity index (χ4v) is 5.78.